The molecule has 622 valence electrons. The summed E-state index contributed by atoms with van der Waals surface area (Å²) >= 11 is 0. The zero-order valence-electron chi connectivity index (χ0n) is 71.4. The number of aryl methyl sites for hydroxylation is 1. The number of ether oxygens (including phenoxy) is 2. The number of rotatable bonds is 13. The highest BCUT2D eigenvalue weighted by Gasteiger charge is 2.38. The number of hydrogen-bond donors (Lipinski definition) is 4. The second kappa shape index (κ2) is 52.1. The van der Waals surface area contributed by atoms with Crippen LogP contribution in [0.25, 0.3) is 0 Å². The van der Waals surface area contributed by atoms with E-state index in [9.17, 15) is 29.4 Å². The summed E-state index contributed by atoms with van der Waals surface area (Å²) in [5, 5.41) is 38.8. The summed E-state index contributed by atoms with van der Waals surface area (Å²) in [4.78, 5) is 58.1. The van der Waals surface area contributed by atoms with Crippen LogP contribution in [0.1, 0.15) is 263 Å². The summed E-state index contributed by atoms with van der Waals surface area (Å²) in [6.45, 7) is 28.4. The lowest BCUT2D eigenvalue weighted by molar-refractivity contribution is -0.536. The van der Waals surface area contributed by atoms with E-state index in [4.69, 9.17) is 9.47 Å². The van der Waals surface area contributed by atoms with Crippen molar-refractivity contribution in [2.24, 2.45) is 0 Å². The summed E-state index contributed by atoms with van der Waals surface area (Å²) in [6.07, 6.45) is 23.5. The predicted molar refractivity (Wildman–Crippen MR) is 476 cm³/mol. The summed E-state index contributed by atoms with van der Waals surface area (Å²) in [5.74, 6) is -2.04. The van der Waals surface area contributed by atoms with Crippen molar-refractivity contribution in [2.45, 2.75) is 226 Å². The maximum Gasteiger partial charge on any atom is 0.251 e. The smallest absolute Gasteiger partial charge is 0.251 e. The van der Waals surface area contributed by atoms with Crippen LogP contribution in [0, 0.1) is 6.92 Å². The number of carbonyl (C=O) groups is 4. The molecule has 4 heterocycles. The lowest BCUT2D eigenvalue weighted by Gasteiger charge is -2.61. The second-order valence-electron chi connectivity index (χ2n) is 32.4. The van der Waals surface area contributed by atoms with Gasteiger partial charge in [0.05, 0.1) is 13.2 Å². The van der Waals surface area contributed by atoms with E-state index in [0.29, 0.717) is 48.6 Å². The maximum absolute atomic E-state index is 13.7. The minimum atomic E-state index is -0.923. The number of fused-ring (bicyclic) bond motifs is 2. The van der Waals surface area contributed by atoms with Gasteiger partial charge in [-0.3, -0.25) is 19.2 Å². The molecular weight excluding hydrogens is 1440 g/mol. The van der Waals surface area contributed by atoms with E-state index in [0.717, 1.165) is 108 Å². The van der Waals surface area contributed by atoms with Gasteiger partial charge >= 0.3 is 0 Å². The first-order valence-corrected chi connectivity index (χ1v) is 42.9. The average Bonchev–Trinajstić information content (AvgIpc) is 0.745. The van der Waals surface area contributed by atoms with Gasteiger partial charge in [0, 0.05) is 99.2 Å². The predicted octanol–water partition coefficient (Wildman–Crippen LogP) is 20.1. The lowest BCUT2D eigenvalue weighted by atomic mass is 9.63. The molecule has 6 aromatic carbocycles. The van der Waals surface area contributed by atoms with E-state index in [2.05, 4.69) is 123 Å². The molecule has 1 aliphatic carbocycles. The van der Waals surface area contributed by atoms with E-state index in [1.165, 1.54) is 89.9 Å². The Bertz CT molecular complexity index is 4080. The fourth-order valence-electron chi connectivity index (χ4n) is 14.0. The van der Waals surface area contributed by atoms with Gasteiger partial charge in [-0.25, -0.2) is 0 Å². The number of allylic oxidation sites excluding steroid dienone is 2. The van der Waals surface area contributed by atoms with Crippen LogP contribution in [-0.4, -0.2) is 95.0 Å². The molecule has 4 aliphatic heterocycles. The normalized spacial score (nSPS) is 17.1. The van der Waals surface area contributed by atoms with Gasteiger partial charge < -0.3 is 50.8 Å². The Kier molecular flexibility index (Phi) is 42.0. The van der Waals surface area contributed by atoms with Crippen molar-refractivity contribution in [1.29, 1.82) is 0 Å². The molecule has 0 radical (unpaired) electrons. The van der Waals surface area contributed by atoms with Crippen LogP contribution in [0.4, 0.5) is 11.4 Å². The average molecular weight is 1570 g/mol. The van der Waals surface area contributed by atoms with Crippen LogP contribution in [0.2, 0.25) is 0 Å². The molecule has 5 aliphatic rings. The van der Waals surface area contributed by atoms with Crippen LogP contribution in [0.15, 0.2) is 243 Å². The third kappa shape index (κ3) is 33.9. The second-order valence-corrected chi connectivity index (χ2v) is 32.4. The van der Waals surface area contributed by atoms with Gasteiger partial charge in [0.25, 0.3) is 23.6 Å². The standard InChI is InChI=1S/C58H66N4O4.C44H68N2O4/c1-9-59-53(63)47-34-48(37-51(36-47)57(3,4)5)54(64)60-41-45-30-22-14-16-24-32-46(33-25-17-15-23-31-45)42-62-56(66)50-35-49(38-52(39-50)58(6,7)8)55(65)61-40-44-28-20-12-10-18-26-43(2)27-19-11-13-21-29-44;1-3-45-31-35-49-33-21-19-17-15-13-11-9-7-5-6-8-10-12-14-16-18-20-22-34-50-36-32-46(4-2)40-29-25-38(26-30-40)42-43(47)41(44(42)48)37-23-27-39(45)28-24-37/h10-39H,9,40-42H2,1-8H3,(H,59,63)(H,60,64)(H,61,65)(H,62,66);5-6,23-30,41-44H,3-4,7-22,31-36H2,1-2H3/q;-2. The zero-order chi connectivity index (χ0) is 83.2. The number of benzene rings is 4. The van der Waals surface area contributed by atoms with Crippen molar-refractivity contribution in [1.82, 2.24) is 21.3 Å². The topological polar surface area (TPSA) is 187 Å². The minimum absolute atomic E-state index is 0.213. The Balaban J connectivity index is 0.000000333. The van der Waals surface area contributed by atoms with E-state index >= 15 is 0 Å². The molecule has 11 rings (SSSR count). The van der Waals surface area contributed by atoms with Gasteiger partial charge in [0.1, 0.15) is 0 Å². The van der Waals surface area contributed by atoms with Crippen molar-refractivity contribution in [3.8, 4) is 0 Å². The summed E-state index contributed by atoms with van der Waals surface area (Å²) < 4.78 is 12.0. The van der Waals surface area contributed by atoms with Crippen LogP contribution in [0.5, 0.6) is 0 Å². The van der Waals surface area contributed by atoms with Crippen molar-refractivity contribution in [3.05, 3.63) is 309 Å². The van der Waals surface area contributed by atoms with Crippen molar-refractivity contribution in [2.75, 3.05) is 69.0 Å². The first kappa shape index (κ1) is 93.5. The third-order valence-corrected chi connectivity index (χ3v) is 21.2. The van der Waals surface area contributed by atoms with Gasteiger partial charge in [0.2, 0.25) is 0 Å². The largest absolute Gasteiger partial charge is 0.851 e. The minimum Gasteiger partial charge on any atom is -0.851 e. The van der Waals surface area contributed by atoms with Crippen molar-refractivity contribution < 1.29 is 38.9 Å². The van der Waals surface area contributed by atoms with E-state index in [-0.39, 0.29) is 47.5 Å². The van der Waals surface area contributed by atoms with Crippen LogP contribution >= 0.6 is 0 Å². The number of anilines is 2. The summed E-state index contributed by atoms with van der Waals surface area (Å²) in [5.41, 5.74) is 10.6. The molecule has 6 bridgehead atoms. The highest BCUT2D eigenvalue weighted by atomic mass is 16.5. The van der Waals surface area contributed by atoms with E-state index in [1.54, 1.807) is 12.1 Å². The Morgan fingerprint density at radius 1 is 0.362 bits per heavy atom. The molecule has 1 fully saturated rings. The quantitative estimate of drug-likeness (QED) is 0.0811. The first-order chi connectivity index (χ1) is 56.2. The Morgan fingerprint density at radius 2 is 0.647 bits per heavy atom. The number of amides is 4. The van der Waals surface area contributed by atoms with Gasteiger partial charge in [-0.1, -0.05) is 293 Å². The van der Waals surface area contributed by atoms with Crippen LogP contribution in [-0.2, 0) is 39.9 Å². The molecular formula is C102H134N6O8-2. The zero-order valence-corrected chi connectivity index (χ0v) is 71.4. The number of nitrogens with zero attached hydrogens (tertiary/aromatic N) is 2. The molecule has 0 spiro atoms. The molecule has 6 aromatic rings. The molecule has 0 atom stereocenters. The molecule has 14 nitrogen and oxygen atoms in total. The number of likely N-dealkylation sites (N-methyl/N-ethyl adjacent to an activating group) is 2. The van der Waals surface area contributed by atoms with Crippen molar-refractivity contribution in [3.63, 3.8) is 0 Å². The molecule has 4 amide bonds. The third-order valence-electron chi connectivity index (χ3n) is 21.2. The fraction of sp³-hybridized carbons (Fsp3) is 0.431. The van der Waals surface area contributed by atoms with E-state index in [1.807, 2.05) is 208 Å². The summed E-state index contributed by atoms with van der Waals surface area (Å²) in [7, 11) is 0. The summed E-state index contributed by atoms with van der Waals surface area (Å²) in [6, 6.07) is 73.4. The molecule has 0 aromatic heterocycles. The Hall–Kier alpha value is -9.70. The fourth-order valence-corrected chi connectivity index (χ4v) is 14.0. The van der Waals surface area contributed by atoms with Gasteiger partial charge in [-0.05, 0) is 188 Å². The Labute approximate surface area is 696 Å². The molecule has 4 N–H and O–H groups in total. The molecule has 116 heavy (non-hydrogen) atoms. The highest BCUT2D eigenvalue weighted by Crippen LogP contribution is 2.46. The maximum atomic E-state index is 13.7. The van der Waals surface area contributed by atoms with Gasteiger partial charge in [-0.15, -0.1) is 12.2 Å². The lowest BCUT2D eigenvalue weighted by Crippen LogP contribution is -2.63. The molecule has 14 heteroatoms. The molecule has 0 saturated heterocycles. The molecule has 0 unspecified atom stereocenters. The Morgan fingerprint density at radius 3 is 0.940 bits per heavy atom. The van der Waals surface area contributed by atoms with Crippen molar-refractivity contribution >= 4 is 35.0 Å². The number of hydrogen-bond acceptors (Lipinski definition) is 10. The van der Waals surface area contributed by atoms with Gasteiger partial charge in [-0.2, -0.15) is 0 Å². The number of carbonyl (C=O) groups excluding carboxylic acids is 4. The highest BCUT2D eigenvalue weighted by molar-refractivity contribution is 6.01. The monoisotopic (exact) mass is 1570 g/mol. The first-order valence-electron chi connectivity index (χ1n) is 42.9. The van der Waals surface area contributed by atoms with Gasteiger partial charge in [0.15, 0.2) is 0 Å². The van der Waals surface area contributed by atoms with Crippen LogP contribution in [0.3, 0.4) is 0 Å². The number of nitrogens with one attached hydrogen (secondary N) is 4. The van der Waals surface area contributed by atoms with Crippen LogP contribution < -0.4 is 41.3 Å². The SMILES string of the molecule is CCN1CCOCCCCCCCCCC=CCCCCCCCCCOCCN(CC)c2ccc(cc2)C2C([O-])C(c3ccc1cc3)C2[O-].CCNC(=O)c1cc(C(=O)NCc2ccccccc(CNC(=O)c3cc(C(=O)NCc4ccccccc(C)cccccc4)cc(C(C)(C)C)c3)cccccc2)cc(C(C)(C)C)c1. The van der Waals surface area contributed by atoms with E-state index < -0.39 is 24.0 Å². The molecule has 1 saturated carbocycles.